The number of rotatable bonds is 9. The molecule has 0 heterocycles. The van der Waals surface area contributed by atoms with Gasteiger partial charge in [0.15, 0.2) is 0 Å². The lowest BCUT2D eigenvalue weighted by Gasteiger charge is -2.32. The third-order valence-electron chi connectivity index (χ3n) is 4.87. The molecule has 32 heavy (non-hydrogen) atoms. The van der Waals surface area contributed by atoms with E-state index in [1.807, 2.05) is 0 Å². The van der Waals surface area contributed by atoms with Crippen LogP contribution in [0.5, 0.6) is 0 Å². The number of halogens is 2. The van der Waals surface area contributed by atoms with Crippen LogP contribution >= 0.6 is 23.2 Å². The molecular weight excluding hydrogens is 473 g/mol. The lowest BCUT2D eigenvalue weighted by atomic mass is 10.1. The number of hydrogen-bond donors (Lipinski definition) is 1. The van der Waals surface area contributed by atoms with Crippen LogP contribution in [0.2, 0.25) is 10.0 Å². The molecule has 2 rings (SSSR count). The molecule has 0 aliphatic heterocycles. The van der Waals surface area contributed by atoms with E-state index in [4.69, 9.17) is 23.2 Å². The lowest BCUT2D eigenvalue weighted by molar-refractivity contribution is -0.139. The molecule has 2 aromatic rings. The summed E-state index contributed by atoms with van der Waals surface area (Å²) in [6, 6.07) is 10.9. The Hall–Kier alpha value is -2.29. The molecule has 0 aromatic heterocycles. The fourth-order valence-electron chi connectivity index (χ4n) is 3.23. The average Bonchev–Trinajstić information content (AvgIpc) is 2.69. The zero-order valence-corrected chi connectivity index (χ0v) is 20.8. The number of aryl methyl sites for hydroxylation is 1. The number of anilines is 1. The highest BCUT2D eigenvalue weighted by atomic mass is 35.5. The molecule has 0 saturated heterocycles. The molecule has 1 atom stereocenters. The zero-order valence-electron chi connectivity index (χ0n) is 18.4. The van der Waals surface area contributed by atoms with Crippen LogP contribution in [-0.4, -0.2) is 50.5 Å². The van der Waals surface area contributed by atoms with Crippen LogP contribution in [0.3, 0.4) is 0 Å². The van der Waals surface area contributed by atoms with Crippen LogP contribution < -0.4 is 9.62 Å². The van der Waals surface area contributed by atoms with E-state index in [0.29, 0.717) is 27.8 Å². The van der Waals surface area contributed by atoms with Crippen LogP contribution in [0, 0.1) is 6.92 Å². The van der Waals surface area contributed by atoms with Crippen LogP contribution in [0.4, 0.5) is 5.69 Å². The number of hydrogen-bond acceptors (Lipinski definition) is 4. The first-order valence-corrected chi connectivity index (χ1v) is 12.6. The summed E-state index contributed by atoms with van der Waals surface area (Å²) in [7, 11) is -3.80. The van der Waals surface area contributed by atoms with Crippen molar-refractivity contribution >= 4 is 50.7 Å². The Bertz CT molecular complexity index is 1090. The molecule has 174 valence electrons. The minimum atomic E-state index is -3.80. The van der Waals surface area contributed by atoms with E-state index in [9.17, 15) is 18.0 Å². The summed E-state index contributed by atoms with van der Waals surface area (Å²) in [6.07, 6.45) is 1.03. The van der Waals surface area contributed by atoms with Gasteiger partial charge in [0.25, 0.3) is 0 Å². The molecule has 1 N–H and O–H groups in total. The molecule has 7 nitrogen and oxygen atoms in total. The molecule has 0 bridgehead atoms. The summed E-state index contributed by atoms with van der Waals surface area (Å²) in [6.45, 7) is 5.13. The van der Waals surface area contributed by atoms with E-state index in [2.05, 4.69) is 5.32 Å². The normalized spacial score (nSPS) is 12.2. The molecule has 0 saturated carbocycles. The minimum Gasteiger partial charge on any atom is -0.355 e. The predicted molar refractivity (Wildman–Crippen MR) is 129 cm³/mol. The number of likely N-dealkylation sites (N-methyl/N-ethyl adjacent to an activating group) is 1. The van der Waals surface area contributed by atoms with Gasteiger partial charge in [0.2, 0.25) is 21.8 Å². The third-order valence-corrected chi connectivity index (χ3v) is 6.46. The first kappa shape index (κ1) is 26.0. The Morgan fingerprint density at radius 3 is 2.31 bits per heavy atom. The van der Waals surface area contributed by atoms with E-state index < -0.39 is 28.5 Å². The van der Waals surface area contributed by atoms with Gasteiger partial charge in [-0.05, 0) is 62.2 Å². The molecular formula is C22H27Cl2N3O4S. The van der Waals surface area contributed by atoms with Gasteiger partial charge in [0.05, 0.1) is 11.9 Å². The second kappa shape index (κ2) is 11.0. The van der Waals surface area contributed by atoms with Crippen molar-refractivity contribution in [3.63, 3.8) is 0 Å². The molecule has 0 aliphatic rings. The second-order valence-electron chi connectivity index (χ2n) is 7.42. The fraction of sp³-hybridized carbons (Fsp3) is 0.364. The number of amides is 2. The molecule has 0 unspecified atom stereocenters. The van der Waals surface area contributed by atoms with E-state index >= 15 is 0 Å². The van der Waals surface area contributed by atoms with Crippen LogP contribution in [0.25, 0.3) is 0 Å². The topological polar surface area (TPSA) is 86.8 Å². The molecule has 0 aliphatic carbocycles. The molecule has 2 aromatic carbocycles. The summed E-state index contributed by atoms with van der Waals surface area (Å²) in [4.78, 5) is 27.2. The quantitative estimate of drug-likeness (QED) is 0.570. The Balaban J connectivity index is 2.42. The number of sulfonamides is 1. The Morgan fingerprint density at radius 2 is 1.75 bits per heavy atom. The lowest BCUT2D eigenvalue weighted by Crippen LogP contribution is -2.51. The van der Waals surface area contributed by atoms with Gasteiger partial charge in [0, 0.05) is 23.1 Å². The highest BCUT2D eigenvalue weighted by Gasteiger charge is 2.30. The van der Waals surface area contributed by atoms with Gasteiger partial charge in [-0.1, -0.05) is 35.3 Å². The number of nitrogens with one attached hydrogen (secondary N) is 1. The standard InChI is InChI=1S/C22H27Cl2N3O4S/c1-5-25-22(29)16(3)26(13-17-7-6-8-18(23)12-17)21(28)14-27(32(4,30)31)20-10-9-19(24)11-15(20)2/h6-12,16H,5,13-14H2,1-4H3,(H,25,29)/t16-/m0/s1. The van der Waals surface area contributed by atoms with E-state index in [0.717, 1.165) is 16.1 Å². The van der Waals surface area contributed by atoms with Gasteiger partial charge >= 0.3 is 0 Å². The van der Waals surface area contributed by atoms with Gasteiger partial charge < -0.3 is 10.2 Å². The Morgan fingerprint density at radius 1 is 1.09 bits per heavy atom. The summed E-state index contributed by atoms with van der Waals surface area (Å²) in [5.74, 6) is -0.861. The molecule has 2 amide bonds. The number of nitrogens with zero attached hydrogens (tertiary/aromatic N) is 2. The molecule has 0 fully saturated rings. The number of carbonyl (C=O) groups is 2. The monoisotopic (exact) mass is 499 g/mol. The van der Waals surface area contributed by atoms with E-state index in [1.165, 1.54) is 4.90 Å². The summed E-state index contributed by atoms with van der Waals surface area (Å²) < 4.78 is 26.1. The van der Waals surface area contributed by atoms with Crippen LogP contribution in [-0.2, 0) is 26.2 Å². The van der Waals surface area contributed by atoms with Crippen LogP contribution in [0.15, 0.2) is 42.5 Å². The SMILES string of the molecule is CCNC(=O)[C@H](C)N(Cc1cccc(Cl)c1)C(=O)CN(c1ccc(Cl)cc1C)S(C)(=O)=O. The maximum Gasteiger partial charge on any atom is 0.244 e. The Labute approximate surface area is 199 Å². The molecule has 0 radical (unpaired) electrons. The van der Waals surface area contributed by atoms with Crippen molar-refractivity contribution < 1.29 is 18.0 Å². The summed E-state index contributed by atoms with van der Waals surface area (Å²) >= 11 is 12.1. The van der Waals surface area contributed by atoms with Crippen LogP contribution in [0.1, 0.15) is 25.0 Å². The largest absolute Gasteiger partial charge is 0.355 e. The summed E-state index contributed by atoms with van der Waals surface area (Å²) in [5.41, 5.74) is 1.67. The fourth-order valence-corrected chi connectivity index (χ4v) is 4.58. The first-order valence-electron chi connectivity index (χ1n) is 9.99. The third kappa shape index (κ3) is 6.85. The second-order valence-corrected chi connectivity index (χ2v) is 10.2. The number of carbonyl (C=O) groups excluding carboxylic acids is 2. The summed E-state index contributed by atoms with van der Waals surface area (Å²) in [5, 5.41) is 3.66. The number of benzene rings is 2. The van der Waals surface area contributed by atoms with E-state index in [-0.39, 0.29) is 12.5 Å². The smallest absolute Gasteiger partial charge is 0.244 e. The predicted octanol–water partition coefficient (Wildman–Crippen LogP) is 3.62. The van der Waals surface area contributed by atoms with Crippen molar-refractivity contribution in [2.24, 2.45) is 0 Å². The maximum absolute atomic E-state index is 13.4. The highest BCUT2D eigenvalue weighted by Crippen LogP contribution is 2.26. The van der Waals surface area contributed by atoms with Crippen molar-refractivity contribution in [2.45, 2.75) is 33.4 Å². The van der Waals surface area contributed by atoms with Crippen molar-refractivity contribution in [3.05, 3.63) is 63.6 Å². The maximum atomic E-state index is 13.4. The van der Waals surface area contributed by atoms with Crippen molar-refractivity contribution in [3.8, 4) is 0 Å². The van der Waals surface area contributed by atoms with Crippen molar-refractivity contribution in [1.82, 2.24) is 10.2 Å². The average molecular weight is 500 g/mol. The molecule has 10 heteroatoms. The van der Waals surface area contributed by atoms with Crippen molar-refractivity contribution in [2.75, 3.05) is 23.7 Å². The minimum absolute atomic E-state index is 0.0922. The van der Waals surface area contributed by atoms with Crippen molar-refractivity contribution in [1.29, 1.82) is 0 Å². The Kier molecular flexibility index (Phi) is 8.95. The van der Waals surface area contributed by atoms with Gasteiger partial charge in [-0.2, -0.15) is 0 Å². The van der Waals surface area contributed by atoms with E-state index in [1.54, 1.807) is 63.2 Å². The van der Waals surface area contributed by atoms with Gasteiger partial charge in [-0.25, -0.2) is 8.42 Å². The van der Waals surface area contributed by atoms with Gasteiger partial charge in [0.1, 0.15) is 12.6 Å². The zero-order chi connectivity index (χ0) is 24.1. The highest BCUT2D eigenvalue weighted by molar-refractivity contribution is 7.92. The van der Waals surface area contributed by atoms with Gasteiger partial charge in [-0.15, -0.1) is 0 Å². The van der Waals surface area contributed by atoms with Gasteiger partial charge in [-0.3, -0.25) is 13.9 Å². The first-order chi connectivity index (χ1) is 14.9. The molecule has 0 spiro atoms.